The standard InChI is InChI=1S/C16H17N3/c1-11-4-7-15(12(2)8-11)19(3)16-9-13(10-17)5-6-14(16)18/h4-9H,18H2,1-3H3. The monoisotopic (exact) mass is 251 g/mol. The zero-order valence-corrected chi connectivity index (χ0v) is 11.4. The van der Waals surface area contributed by atoms with E-state index in [-0.39, 0.29) is 0 Å². The molecule has 0 aliphatic rings. The quantitative estimate of drug-likeness (QED) is 0.831. The molecule has 0 fully saturated rings. The second-order valence-corrected chi connectivity index (χ2v) is 4.73. The van der Waals surface area contributed by atoms with E-state index in [1.807, 2.05) is 18.0 Å². The summed E-state index contributed by atoms with van der Waals surface area (Å²) in [4.78, 5) is 2.02. The molecule has 3 nitrogen and oxygen atoms in total. The van der Waals surface area contributed by atoms with E-state index in [1.165, 1.54) is 11.1 Å². The number of hydrogen-bond acceptors (Lipinski definition) is 3. The lowest BCUT2D eigenvalue weighted by Gasteiger charge is -2.23. The largest absolute Gasteiger partial charge is 0.397 e. The second-order valence-electron chi connectivity index (χ2n) is 4.73. The number of rotatable bonds is 2. The molecule has 2 aromatic carbocycles. The zero-order valence-electron chi connectivity index (χ0n) is 11.4. The molecule has 0 bridgehead atoms. The Morgan fingerprint density at radius 1 is 1.05 bits per heavy atom. The van der Waals surface area contributed by atoms with E-state index in [9.17, 15) is 0 Å². The second kappa shape index (κ2) is 5.03. The van der Waals surface area contributed by atoms with Gasteiger partial charge in [0.05, 0.1) is 23.0 Å². The summed E-state index contributed by atoms with van der Waals surface area (Å²) < 4.78 is 0. The number of anilines is 3. The van der Waals surface area contributed by atoms with Crippen LogP contribution in [0.25, 0.3) is 0 Å². The van der Waals surface area contributed by atoms with Crippen LogP contribution in [-0.2, 0) is 0 Å². The average Bonchev–Trinajstić information content (AvgIpc) is 2.38. The van der Waals surface area contributed by atoms with Gasteiger partial charge >= 0.3 is 0 Å². The Morgan fingerprint density at radius 2 is 1.79 bits per heavy atom. The Labute approximate surface area is 113 Å². The lowest BCUT2D eigenvalue weighted by atomic mass is 10.1. The highest BCUT2D eigenvalue weighted by Gasteiger charge is 2.10. The van der Waals surface area contributed by atoms with Crippen LogP contribution in [0.4, 0.5) is 17.1 Å². The number of benzene rings is 2. The molecule has 3 heteroatoms. The van der Waals surface area contributed by atoms with Gasteiger partial charge in [-0.3, -0.25) is 0 Å². The third-order valence-electron chi connectivity index (χ3n) is 3.23. The highest BCUT2D eigenvalue weighted by atomic mass is 15.1. The summed E-state index contributed by atoms with van der Waals surface area (Å²) in [5.41, 5.74) is 11.6. The van der Waals surface area contributed by atoms with E-state index in [1.54, 1.807) is 12.1 Å². The molecule has 0 heterocycles. The van der Waals surface area contributed by atoms with Gasteiger partial charge in [0.25, 0.3) is 0 Å². The van der Waals surface area contributed by atoms with Gasteiger partial charge in [-0.2, -0.15) is 5.26 Å². The third-order valence-corrected chi connectivity index (χ3v) is 3.23. The number of nitrogens with two attached hydrogens (primary N) is 1. The average molecular weight is 251 g/mol. The zero-order chi connectivity index (χ0) is 14.0. The van der Waals surface area contributed by atoms with Crippen molar-refractivity contribution in [3.05, 3.63) is 53.1 Å². The molecule has 0 saturated carbocycles. The topological polar surface area (TPSA) is 53.0 Å². The van der Waals surface area contributed by atoms with Crippen LogP contribution in [0.15, 0.2) is 36.4 Å². The Bertz CT molecular complexity index is 654. The van der Waals surface area contributed by atoms with Gasteiger partial charge < -0.3 is 10.6 Å². The molecule has 0 radical (unpaired) electrons. The fraction of sp³-hybridized carbons (Fsp3) is 0.188. The minimum absolute atomic E-state index is 0.612. The summed E-state index contributed by atoms with van der Waals surface area (Å²) in [6.45, 7) is 4.14. The summed E-state index contributed by atoms with van der Waals surface area (Å²) in [5.74, 6) is 0. The lowest BCUT2D eigenvalue weighted by Crippen LogP contribution is -2.13. The minimum atomic E-state index is 0.612. The van der Waals surface area contributed by atoms with E-state index in [4.69, 9.17) is 11.0 Å². The molecule has 19 heavy (non-hydrogen) atoms. The summed E-state index contributed by atoms with van der Waals surface area (Å²) in [7, 11) is 1.96. The van der Waals surface area contributed by atoms with Gasteiger partial charge in [0.2, 0.25) is 0 Å². The van der Waals surface area contributed by atoms with Crippen LogP contribution >= 0.6 is 0 Å². The van der Waals surface area contributed by atoms with Crippen molar-refractivity contribution in [1.29, 1.82) is 5.26 Å². The van der Waals surface area contributed by atoms with E-state index in [2.05, 4.69) is 38.1 Å². The first-order valence-corrected chi connectivity index (χ1v) is 6.13. The van der Waals surface area contributed by atoms with Crippen LogP contribution < -0.4 is 10.6 Å². The van der Waals surface area contributed by atoms with Crippen molar-refractivity contribution in [1.82, 2.24) is 0 Å². The molecule has 2 aromatic rings. The van der Waals surface area contributed by atoms with Crippen molar-refractivity contribution < 1.29 is 0 Å². The predicted octanol–water partition coefficient (Wildman–Crippen LogP) is 3.53. The fourth-order valence-electron chi connectivity index (χ4n) is 2.22. The number of aryl methyl sites for hydroxylation is 2. The number of nitrogen functional groups attached to an aromatic ring is 1. The maximum absolute atomic E-state index is 8.99. The smallest absolute Gasteiger partial charge is 0.0992 e. The van der Waals surface area contributed by atoms with Gasteiger partial charge in [-0.25, -0.2) is 0 Å². The first-order chi connectivity index (χ1) is 9.02. The molecular formula is C16H17N3. The van der Waals surface area contributed by atoms with Crippen LogP contribution in [0.2, 0.25) is 0 Å². The van der Waals surface area contributed by atoms with Crippen LogP contribution in [-0.4, -0.2) is 7.05 Å². The Morgan fingerprint density at radius 3 is 2.42 bits per heavy atom. The van der Waals surface area contributed by atoms with Crippen LogP contribution in [0.5, 0.6) is 0 Å². The molecule has 0 aromatic heterocycles. The Kier molecular flexibility index (Phi) is 3.43. The van der Waals surface area contributed by atoms with Crippen molar-refractivity contribution in [3.8, 4) is 6.07 Å². The van der Waals surface area contributed by atoms with E-state index >= 15 is 0 Å². The SMILES string of the molecule is Cc1ccc(N(C)c2cc(C#N)ccc2N)c(C)c1. The molecule has 2 rings (SSSR count). The molecule has 0 unspecified atom stereocenters. The Hall–Kier alpha value is -2.47. The van der Waals surface area contributed by atoms with Crippen LogP contribution in [0, 0.1) is 25.2 Å². The van der Waals surface area contributed by atoms with Crippen LogP contribution in [0.1, 0.15) is 16.7 Å². The van der Waals surface area contributed by atoms with E-state index < -0.39 is 0 Å². The molecule has 0 atom stereocenters. The molecule has 0 spiro atoms. The molecule has 0 amide bonds. The molecule has 0 saturated heterocycles. The van der Waals surface area contributed by atoms with E-state index in [0.29, 0.717) is 11.3 Å². The van der Waals surface area contributed by atoms with Gasteiger partial charge in [0, 0.05) is 12.7 Å². The van der Waals surface area contributed by atoms with Gasteiger partial charge in [-0.05, 0) is 43.7 Å². The Balaban J connectivity index is 2.49. The van der Waals surface area contributed by atoms with Gasteiger partial charge in [0.15, 0.2) is 0 Å². The first kappa shape index (κ1) is 13.0. The minimum Gasteiger partial charge on any atom is -0.397 e. The van der Waals surface area contributed by atoms with Gasteiger partial charge in [0.1, 0.15) is 0 Å². The molecule has 0 aliphatic heterocycles. The van der Waals surface area contributed by atoms with Crippen molar-refractivity contribution in [2.24, 2.45) is 0 Å². The fourth-order valence-corrected chi connectivity index (χ4v) is 2.22. The van der Waals surface area contributed by atoms with Crippen molar-refractivity contribution in [2.45, 2.75) is 13.8 Å². The summed E-state index contributed by atoms with van der Waals surface area (Å²) in [5, 5.41) is 8.99. The highest BCUT2D eigenvalue weighted by Crippen LogP contribution is 2.32. The van der Waals surface area contributed by atoms with E-state index in [0.717, 1.165) is 11.4 Å². The highest BCUT2D eigenvalue weighted by molar-refractivity contribution is 5.77. The normalized spacial score (nSPS) is 10.0. The number of nitriles is 1. The van der Waals surface area contributed by atoms with Crippen molar-refractivity contribution in [2.75, 3.05) is 17.7 Å². The van der Waals surface area contributed by atoms with Crippen molar-refractivity contribution in [3.63, 3.8) is 0 Å². The third kappa shape index (κ3) is 2.53. The lowest BCUT2D eigenvalue weighted by molar-refractivity contribution is 1.18. The number of nitrogens with zero attached hydrogens (tertiary/aromatic N) is 2. The molecular weight excluding hydrogens is 234 g/mol. The summed E-state index contributed by atoms with van der Waals surface area (Å²) >= 11 is 0. The predicted molar refractivity (Wildman–Crippen MR) is 79.5 cm³/mol. The maximum Gasteiger partial charge on any atom is 0.0992 e. The number of hydrogen-bond donors (Lipinski definition) is 1. The molecule has 96 valence electrons. The summed E-state index contributed by atoms with van der Waals surface area (Å²) in [6.07, 6.45) is 0. The first-order valence-electron chi connectivity index (χ1n) is 6.13. The van der Waals surface area contributed by atoms with Gasteiger partial charge in [-0.15, -0.1) is 0 Å². The maximum atomic E-state index is 8.99. The summed E-state index contributed by atoms with van der Waals surface area (Å²) in [6, 6.07) is 13.7. The van der Waals surface area contributed by atoms with Crippen LogP contribution in [0.3, 0.4) is 0 Å². The molecule has 0 aliphatic carbocycles. The van der Waals surface area contributed by atoms with Gasteiger partial charge in [-0.1, -0.05) is 17.7 Å². The molecule has 2 N–H and O–H groups in total. The van der Waals surface area contributed by atoms with Crippen molar-refractivity contribution >= 4 is 17.1 Å².